The van der Waals surface area contributed by atoms with Crippen molar-refractivity contribution >= 4 is 17.9 Å². The van der Waals surface area contributed by atoms with Crippen molar-refractivity contribution in [2.75, 3.05) is 25.4 Å². The van der Waals surface area contributed by atoms with E-state index in [0.717, 1.165) is 19.5 Å². The number of amides is 1. The summed E-state index contributed by atoms with van der Waals surface area (Å²) in [5.41, 5.74) is 0.998. The molecule has 2 aliphatic heterocycles. The van der Waals surface area contributed by atoms with Crippen LogP contribution in [0.4, 0.5) is 4.79 Å². The van der Waals surface area contributed by atoms with E-state index >= 15 is 0 Å². The summed E-state index contributed by atoms with van der Waals surface area (Å²) in [5, 5.41) is 4.37. The van der Waals surface area contributed by atoms with Crippen LogP contribution >= 0.6 is 11.8 Å². The number of hydrogen-bond acceptors (Lipinski definition) is 4. The SMILES string of the molecule is CC1SCCC1NCC1=CCN(C(=O)OC(C)(C)C)CC1. The highest BCUT2D eigenvalue weighted by Gasteiger charge is 2.25. The average molecular weight is 312 g/mol. The largest absolute Gasteiger partial charge is 0.444 e. The fraction of sp³-hybridized carbons (Fsp3) is 0.812. The molecule has 0 radical (unpaired) electrons. The summed E-state index contributed by atoms with van der Waals surface area (Å²) in [7, 11) is 0. The van der Waals surface area contributed by atoms with Crippen molar-refractivity contribution in [2.45, 2.75) is 57.4 Å². The monoisotopic (exact) mass is 312 g/mol. The minimum absolute atomic E-state index is 0.202. The van der Waals surface area contributed by atoms with E-state index in [1.807, 2.05) is 20.8 Å². The summed E-state index contributed by atoms with van der Waals surface area (Å²) >= 11 is 2.05. The molecule has 5 heteroatoms. The van der Waals surface area contributed by atoms with E-state index < -0.39 is 5.60 Å². The number of hydrogen-bond donors (Lipinski definition) is 1. The van der Waals surface area contributed by atoms with Gasteiger partial charge >= 0.3 is 6.09 Å². The van der Waals surface area contributed by atoms with E-state index in [9.17, 15) is 4.79 Å². The molecule has 2 rings (SSSR count). The first-order chi connectivity index (χ1) is 9.85. The minimum Gasteiger partial charge on any atom is -0.444 e. The summed E-state index contributed by atoms with van der Waals surface area (Å²) in [4.78, 5) is 13.8. The summed E-state index contributed by atoms with van der Waals surface area (Å²) in [6.45, 7) is 10.4. The Morgan fingerprint density at radius 1 is 1.52 bits per heavy atom. The lowest BCUT2D eigenvalue weighted by Crippen LogP contribution is -2.41. The number of carbonyl (C=O) groups excluding carboxylic acids is 1. The Balaban J connectivity index is 1.75. The van der Waals surface area contributed by atoms with Gasteiger partial charge in [-0.1, -0.05) is 18.6 Å². The minimum atomic E-state index is -0.418. The van der Waals surface area contributed by atoms with Gasteiger partial charge in [-0.05, 0) is 39.4 Å². The Bertz CT molecular complexity index is 404. The van der Waals surface area contributed by atoms with Gasteiger partial charge in [0.05, 0.1) is 0 Å². The van der Waals surface area contributed by atoms with Gasteiger partial charge in [0.15, 0.2) is 0 Å². The number of nitrogens with zero attached hydrogens (tertiary/aromatic N) is 1. The van der Waals surface area contributed by atoms with Crippen LogP contribution in [0, 0.1) is 0 Å². The van der Waals surface area contributed by atoms with Crippen LogP contribution < -0.4 is 5.32 Å². The van der Waals surface area contributed by atoms with Crippen LogP contribution in [0.1, 0.15) is 40.5 Å². The van der Waals surface area contributed by atoms with Gasteiger partial charge in [0, 0.05) is 30.9 Å². The molecule has 21 heavy (non-hydrogen) atoms. The van der Waals surface area contributed by atoms with Crippen LogP contribution in [0.5, 0.6) is 0 Å². The normalized spacial score (nSPS) is 26.7. The van der Waals surface area contributed by atoms with Crippen LogP contribution in [-0.2, 0) is 4.74 Å². The molecule has 2 aliphatic rings. The summed E-state index contributed by atoms with van der Waals surface area (Å²) in [5.74, 6) is 1.27. The van der Waals surface area contributed by atoms with Crippen molar-refractivity contribution in [2.24, 2.45) is 0 Å². The molecular weight excluding hydrogens is 284 g/mol. The Morgan fingerprint density at radius 3 is 2.81 bits per heavy atom. The molecule has 1 saturated heterocycles. The molecule has 2 atom stereocenters. The lowest BCUT2D eigenvalue weighted by molar-refractivity contribution is 0.0265. The van der Waals surface area contributed by atoms with Gasteiger partial charge in [0.1, 0.15) is 5.60 Å². The van der Waals surface area contributed by atoms with E-state index in [1.54, 1.807) is 4.90 Å². The molecule has 2 heterocycles. The average Bonchev–Trinajstić information content (AvgIpc) is 2.80. The van der Waals surface area contributed by atoms with Crippen LogP contribution in [0.3, 0.4) is 0 Å². The summed E-state index contributed by atoms with van der Waals surface area (Å²) < 4.78 is 5.41. The van der Waals surface area contributed by atoms with E-state index in [4.69, 9.17) is 4.74 Å². The maximum atomic E-state index is 12.0. The van der Waals surface area contributed by atoms with Crippen LogP contribution in [0.15, 0.2) is 11.6 Å². The Labute approximate surface area is 132 Å². The maximum absolute atomic E-state index is 12.0. The zero-order valence-corrected chi connectivity index (χ0v) is 14.5. The van der Waals surface area contributed by atoms with Gasteiger partial charge < -0.3 is 15.0 Å². The first-order valence-electron chi connectivity index (χ1n) is 7.86. The molecule has 120 valence electrons. The number of thioether (sulfide) groups is 1. The molecule has 2 unspecified atom stereocenters. The molecular formula is C16H28N2O2S. The zero-order valence-electron chi connectivity index (χ0n) is 13.6. The highest BCUT2D eigenvalue weighted by molar-refractivity contribution is 8.00. The maximum Gasteiger partial charge on any atom is 0.410 e. The second-order valence-corrected chi connectivity index (χ2v) is 8.38. The third-order valence-corrected chi connectivity index (χ3v) is 5.25. The van der Waals surface area contributed by atoms with Crippen molar-refractivity contribution in [1.29, 1.82) is 0 Å². The van der Waals surface area contributed by atoms with Gasteiger partial charge in [-0.2, -0.15) is 11.8 Å². The molecule has 4 nitrogen and oxygen atoms in total. The highest BCUT2D eigenvalue weighted by atomic mass is 32.2. The lowest BCUT2D eigenvalue weighted by atomic mass is 10.1. The molecule has 0 aromatic heterocycles. The number of ether oxygens (including phenoxy) is 1. The van der Waals surface area contributed by atoms with E-state index in [2.05, 4.69) is 30.1 Å². The highest BCUT2D eigenvalue weighted by Crippen LogP contribution is 2.26. The number of carbonyl (C=O) groups is 1. The van der Waals surface area contributed by atoms with Gasteiger partial charge in [-0.15, -0.1) is 0 Å². The van der Waals surface area contributed by atoms with E-state index in [1.165, 1.54) is 17.7 Å². The fourth-order valence-corrected chi connectivity index (χ4v) is 3.85. The topological polar surface area (TPSA) is 41.6 Å². The predicted molar refractivity (Wildman–Crippen MR) is 88.8 cm³/mol. The molecule has 0 aromatic carbocycles. The van der Waals surface area contributed by atoms with Crippen molar-refractivity contribution in [1.82, 2.24) is 10.2 Å². The second kappa shape index (κ2) is 7.05. The molecule has 0 spiro atoms. The molecule has 0 aliphatic carbocycles. The molecule has 1 N–H and O–H groups in total. The quantitative estimate of drug-likeness (QED) is 0.813. The Kier molecular flexibility index (Phi) is 5.60. The molecule has 1 amide bonds. The van der Waals surface area contributed by atoms with E-state index in [-0.39, 0.29) is 6.09 Å². The van der Waals surface area contributed by atoms with Gasteiger partial charge in [0.2, 0.25) is 0 Å². The number of rotatable bonds is 3. The van der Waals surface area contributed by atoms with Crippen molar-refractivity contribution in [3.8, 4) is 0 Å². The standard InChI is InChI=1S/C16H28N2O2S/c1-12-14(7-10-21-12)17-11-13-5-8-18(9-6-13)15(19)20-16(2,3)4/h5,12,14,17H,6-11H2,1-4H3. The Morgan fingerprint density at radius 2 is 2.29 bits per heavy atom. The molecule has 0 bridgehead atoms. The third kappa shape index (κ3) is 5.22. The van der Waals surface area contributed by atoms with Crippen molar-refractivity contribution in [3.05, 3.63) is 11.6 Å². The lowest BCUT2D eigenvalue weighted by Gasteiger charge is -2.30. The number of nitrogens with one attached hydrogen (secondary N) is 1. The third-order valence-electron chi connectivity index (χ3n) is 3.92. The first-order valence-corrected chi connectivity index (χ1v) is 8.91. The van der Waals surface area contributed by atoms with Gasteiger partial charge in [-0.25, -0.2) is 4.79 Å². The van der Waals surface area contributed by atoms with Crippen LogP contribution in [-0.4, -0.2) is 53.3 Å². The predicted octanol–water partition coefficient (Wildman–Crippen LogP) is 3.04. The molecule has 1 fully saturated rings. The van der Waals surface area contributed by atoms with Gasteiger partial charge in [0.25, 0.3) is 0 Å². The fourth-order valence-electron chi connectivity index (χ4n) is 2.63. The molecule has 0 saturated carbocycles. The smallest absolute Gasteiger partial charge is 0.410 e. The zero-order chi connectivity index (χ0) is 15.5. The second-order valence-electron chi connectivity index (χ2n) is 6.89. The van der Waals surface area contributed by atoms with Crippen molar-refractivity contribution in [3.63, 3.8) is 0 Å². The van der Waals surface area contributed by atoms with Crippen molar-refractivity contribution < 1.29 is 9.53 Å². The summed E-state index contributed by atoms with van der Waals surface area (Å²) in [6.07, 6.45) is 4.18. The molecule has 0 aromatic rings. The Hall–Kier alpha value is -0.680. The van der Waals surface area contributed by atoms with Gasteiger partial charge in [-0.3, -0.25) is 0 Å². The van der Waals surface area contributed by atoms with Crippen LogP contribution in [0.25, 0.3) is 0 Å². The first kappa shape index (κ1) is 16.7. The van der Waals surface area contributed by atoms with Crippen LogP contribution in [0.2, 0.25) is 0 Å². The van der Waals surface area contributed by atoms with E-state index in [0.29, 0.717) is 17.8 Å². The summed E-state index contributed by atoms with van der Waals surface area (Å²) in [6, 6.07) is 0.639.